The van der Waals surface area contributed by atoms with Gasteiger partial charge in [-0.2, -0.15) is 0 Å². The molecule has 1 nitrogen and oxygen atoms in total. The summed E-state index contributed by atoms with van der Waals surface area (Å²) >= 11 is 13.6. The lowest BCUT2D eigenvalue weighted by molar-refractivity contribution is 0.491. The van der Waals surface area contributed by atoms with E-state index in [2.05, 4.69) is 11.4 Å². The zero-order chi connectivity index (χ0) is 10.7. The van der Waals surface area contributed by atoms with Gasteiger partial charge in [0.05, 0.1) is 4.34 Å². The maximum absolute atomic E-state index is 6.06. The van der Waals surface area contributed by atoms with Crippen LogP contribution in [-0.2, 0) is 6.54 Å². The van der Waals surface area contributed by atoms with E-state index in [0.29, 0.717) is 5.38 Å². The Bertz CT molecular complexity index is 313. The fourth-order valence-electron chi connectivity index (χ4n) is 2.05. The van der Waals surface area contributed by atoms with Crippen molar-refractivity contribution < 1.29 is 0 Å². The fraction of sp³-hybridized carbons (Fsp3) is 0.636. The SMILES string of the molecule is Clc1ccc(CNCC2CCC(Cl)C2)s1. The van der Waals surface area contributed by atoms with Gasteiger partial charge >= 0.3 is 0 Å². The third-order valence-corrected chi connectivity index (χ3v) is 4.47. The highest BCUT2D eigenvalue weighted by Gasteiger charge is 2.22. The molecule has 1 aromatic heterocycles. The molecule has 0 aromatic carbocycles. The normalized spacial score (nSPS) is 26.0. The van der Waals surface area contributed by atoms with E-state index < -0.39 is 0 Å². The Morgan fingerprint density at radius 2 is 2.27 bits per heavy atom. The quantitative estimate of drug-likeness (QED) is 0.813. The van der Waals surface area contributed by atoms with E-state index in [4.69, 9.17) is 23.2 Å². The molecule has 2 unspecified atom stereocenters. The van der Waals surface area contributed by atoms with Crippen LogP contribution >= 0.6 is 34.5 Å². The molecule has 0 aliphatic heterocycles. The summed E-state index contributed by atoms with van der Waals surface area (Å²) in [6.07, 6.45) is 3.62. The minimum Gasteiger partial charge on any atom is -0.312 e. The van der Waals surface area contributed by atoms with Crippen molar-refractivity contribution in [2.75, 3.05) is 6.54 Å². The van der Waals surface area contributed by atoms with Gasteiger partial charge in [-0.25, -0.2) is 0 Å². The van der Waals surface area contributed by atoms with Crippen molar-refractivity contribution in [1.29, 1.82) is 0 Å². The van der Waals surface area contributed by atoms with Crippen LogP contribution in [0.3, 0.4) is 0 Å². The Morgan fingerprint density at radius 1 is 1.40 bits per heavy atom. The van der Waals surface area contributed by atoms with Gasteiger partial charge in [0.1, 0.15) is 0 Å². The van der Waals surface area contributed by atoms with Crippen LogP contribution in [0.1, 0.15) is 24.1 Å². The molecule has 1 aliphatic rings. The summed E-state index contributed by atoms with van der Waals surface area (Å²) in [5, 5.41) is 3.88. The standard InChI is InChI=1S/C11H15Cl2NS/c12-9-2-1-8(5-9)6-14-7-10-3-4-11(13)15-10/h3-4,8-9,14H,1-2,5-7H2. The number of nitrogens with one attached hydrogen (secondary N) is 1. The fourth-order valence-corrected chi connectivity index (χ4v) is 3.48. The van der Waals surface area contributed by atoms with E-state index in [1.165, 1.54) is 24.1 Å². The van der Waals surface area contributed by atoms with Crippen molar-refractivity contribution in [2.24, 2.45) is 5.92 Å². The third-order valence-electron chi connectivity index (χ3n) is 2.84. The van der Waals surface area contributed by atoms with Crippen molar-refractivity contribution in [3.05, 3.63) is 21.3 Å². The van der Waals surface area contributed by atoms with Crippen LogP contribution < -0.4 is 5.32 Å². The smallest absolute Gasteiger partial charge is 0.0931 e. The highest BCUT2D eigenvalue weighted by molar-refractivity contribution is 7.16. The molecule has 1 fully saturated rings. The molecule has 1 aromatic rings. The van der Waals surface area contributed by atoms with Gasteiger partial charge < -0.3 is 5.32 Å². The van der Waals surface area contributed by atoms with Crippen molar-refractivity contribution in [1.82, 2.24) is 5.32 Å². The second kappa shape index (κ2) is 5.53. The van der Waals surface area contributed by atoms with Crippen LogP contribution in [-0.4, -0.2) is 11.9 Å². The lowest BCUT2D eigenvalue weighted by Gasteiger charge is -2.09. The molecule has 2 rings (SSSR count). The van der Waals surface area contributed by atoms with E-state index in [1.54, 1.807) is 11.3 Å². The van der Waals surface area contributed by atoms with E-state index in [1.807, 2.05) is 6.07 Å². The van der Waals surface area contributed by atoms with Gasteiger partial charge in [-0.1, -0.05) is 11.6 Å². The third kappa shape index (κ3) is 3.63. The maximum atomic E-state index is 6.06. The maximum Gasteiger partial charge on any atom is 0.0931 e. The Kier molecular flexibility index (Phi) is 4.32. The van der Waals surface area contributed by atoms with Gasteiger partial charge in [0.15, 0.2) is 0 Å². The minimum absolute atomic E-state index is 0.410. The average Bonchev–Trinajstić information content (AvgIpc) is 2.76. The van der Waals surface area contributed by atoms with Crippen molar-refractivity contribution in [3.8, 4) is 0 Å². The largest absolute Gasteiger partial charge is 0.312 e. The molecule has 1 aliphatic carbocycles. The molecule has 1 saturated carbocycles. The molecule has 1 heterocycles. The number of halogens is 2. The van der Waals surface area contributed by atoms with Gasteiger partial charge in [0, 0.05) is 16.8 Å². The van der Waals surface area contributed by atoms with Gasteiger partial charge in [-0.3, -0.25) is 0 Å². The summed E-state index contributed by atoms with van der Waals surface area (Å²) in [6.45, 7) is 2.01. The lowest BCUT2D eigenvalue weighted by Crippen LogP contribution is -2.20. The summed E-state index contributed by atoms with van der Waals surface area (Å²) in [4.78, 5) is 1.31. The van der Waals surface area contributed by atoms with Crippen LogP contribution in [0.15, 0.2) is 12.1 Å². The average molecular weight is 264 g/mol. The number of rotatable bonds is 4. The van der Waals surface area contributed by atoms with Gasteiger partial charge in [-0.15, -0.1) is 22.9 Å². The predicted octanol–water partition coefficient (Wildman–Crippen LogP) is 3.90. The molecule has 0 saturated heterocycles. The van der Waals surface area contributed by atoms with Crippen LogP contribution in [0.25, 0.3) is 0 Å². The zero-order valence-corrected chi connectivity index (χ0v) is 10.8. The molecule has 0 radical (unpaired) electrons. The Hall–Kier alpha value is 0.240. The summed E-state index contributed by atoms with van der Waals surface area (Å²) in [7, 11) is 0. The Labute approximate surface area is 105 Å². The second-order valence-electron chi connectivity index (χ2n) is 4.11. The highest BCUT2D eigenvalue weighted by atomic mass is 35.5. The second-order valence-corrected chi connectivity index (χ2v) is 6.53. The van der Waals surface area contributed by atoms with Crippen LogP contribution in [0, 0.1) is 5.92 Å². The Morgan fingerprint density at radius 3 is 2.87 bits per heavy atom. The molecule has 4 heteroatoms. The molecule has 1 N–H and O–H groups in total. The highest BCUT2D eigenvalue weighted by Crippen LogP contribution is 2.29. The lowest BCUT2D eigenvalue weighted by atomic mass is 10.1. The number of alkyl halides is 1. The molecule has 2 atom stereocenters. The molecule has 84 valence electrons. The zero-order valence-electron chi connectivity index (χ0n) is 8.51. The Balaban J connectivity index is 1.67. The topological polar surface area (TPSA) is 12.0 Å². The summed E-state index contributed by atoms with van der Waals surface area (Å²) in [6, 6.07) is 4.03. The monoisotopic (exact) mass is 263 g/mol. The van der Waals surface area contributed by atoms with E-state index >= 15 is 0 Å². The first-order chi connectivity index (χ1) is 7.24. The predicted molar refractivity (Wildman–Crippen MR) is 68.0 cm³/mol. The van der Waals surface area contributed by atoms with E-state index in [-0.39, 0.29) is 0 Å². The molecular formula is C11H15Cl2NS. The summed E-state index contributed by atoms with van der Waals surface area (Å²) in [5.41, 5.74) is 0. The van der Waals surface area contributed by atoms with Gasteiger partial charge in [0.2, 0.25) is 0 Å². The first kappa shape index (κ1) is 11.7. The van der Waals surface area contributed by atoms with Crippen molar-refractivity contribution >= 4 is 34.5 Å². The summed E-state index contributed by atoms with van der Waals surface area (Å²) < 4.78 is 0.869. The first-order valence-electron chi connectivity index (χ1n) is 5.33. The summed E-state index contributed by atoms with van der Waals surface area (Å²) in [5.74, 6) is 0.767. The van der Waals surface area contributed by atoms with Gasteiger partial charge in [-0.05, 0) is 43.9 Å². The number of hydrogen-bond donors (Lipinski definition) is 1. The minimum atomic E-state index is 0.410. The number of hydrogen-bond acceptors (Lipinski definition) is 2. The van der Waals surface area contributed by atoms with Crippen molar-refractivity contribution in [3.63, 3.8) is 0 Å². The van der Waals surface area contributed by atoms with E-state index in [0.717, 1.165) is 23.3 Å². The van der Waals surface area contributed by atoms with Crippen molar-refractivity contribution in [2.45, 2.75) is 31.2 Å². The number of thiophene rings is 1. The molecule has 0 amide bonds. The van der Waals surface area contributed by atoms with Crippen LogP contribution in [0.2, 0.25) is 4.34 Å². The van der Waals surface area contributed by atoms with Gasteiger partial charge in [0.25, 0.3) is 0 Å². The first-order valence-corrected chi connectivity index (χ1v) is 6.96. The molecular weight excluding hydrogens is 249 g/mol. The van der Waals surface area contributed by atoms with E-state index in [9.17, 15) is 0 Å². The molecule has 0 bridgehead atoms. The van der Waals surface area contributed by atoms with Crippen LogP contribution in [0.4, 0.5) is 0 Å². The molecule has 0 spiro atoms. The molecule has 15 heavy (non-hydrogen) atoms. The van der Waals surface area contributed by atoms with Crippen LogP contribution in [0.5, 0.6) is 0 Å².